The van der Waals surface area contributed by atoms with Gasteiger partial charge in [-0.15, -0.1) is 0 Å². The molecule has 115 heavy (non-hydrogen) atoms. The maximum Gasteiger partial charge on any atom is 0.130 e. The summed E-state index contributed by atoms with van der Waals surface area (Å²) in [5, 5.41) is 45.8. The molecule has 0 amide bonds. The second kappa shape index (κ2) is 34.4. The standard InChI is InChI=1S/2C30H31F2N7.C28H25F2N7/c2*1-2-36-9-8-22(18-36)23-14-25(30-24(15-33)17-35-39(30)19-23)21-6-7-29(34-16-21)38-12-10-37(11-13-38)20-26-27(31)4-3-5-28(26)32;29-25-2-1-3-26(30)24(25)18-35-8-10-36(11-9-35)27-5-4-20(15-33-27)23-12-21(19-6-7-32-14-19)17-37-28(23)22(13-31)16-34-37/h2*3-7,14,16-17,19,22H,2,8-13,18,20H2,1H3;1-6,12,15-17,32H,7-11,14,18H2. The molecule has 0 spiro atoms. The van der Waals surface area contributed by atoms with E-state index in [1.165, 1.54) is 71.3 Å². The molecule has 6 aliphatic rings. The van der Waals surface area contributed by atoms with Crippen LogP contribution in [0.25, 0.3) is 55.5 Å². The number of likely N-dealkylation sites (N-methyl/N-ethyl adjacent to an activating group) is 2. The lowest BCUT2D eigenvalue weighted by Gasteiger charge is -2.35. The first-order valence-corrected chi connectivity index (χ1v) is 39.4. The molecule has 3 aromatic carbocycles. The third-order valence-corrected chi connectivity index (χ3v) is 23.4. The number of hydrogen-bond acceptors (Lipinski definition) is 18. The third-order valence-electron chi connectivity index (χ3n) is 23.4. The van der Waals surface area contributed by atoms with Crippen molar-refractivity contribution in [1.82, 2.24) is 73.6 Å². The Labute approximate surface area is 663 Å². The van der Waals surface area contributed by atoms with Gasteiger partial charge in [0.2, 0.25) is 0 Å². The molecule has 0 radical (unpaired) electrons. The van der Waals surface area contributed by atoms with Crippen LogP contribution in [0, 0.1) is 68.9 Å². The Kier molecular flexibility index (Phi) is 23.1. The number of rotatable bonds is 17. The molecule has 6 aliphatic heterocycles. The molecule has 0 saturated carbocycles. The van der Waals surface area contributed by atoms with E-state index in [0.717, 1.165) is 164 Å². The van der Waals surface area contributed by atoms with Crippen LogP contribution in [-0.4, -0.2) is 199 Å². The summed E-state index contributed by atoms with van der Waals surface area (Å²) in [7, 11) is 0. The van der Waals surface area contributed by atoms with Crippen LogP contribution < -0.4 is 20.0 Å². The van der Waals surface area contributed by atoms with Crippen molar-refractivity contribution >= 4 is 39.6 Å². The van der Waals surface area contributed by atoms with Crippen molar-refractivity contribution in [2.45, 2.75) is 58.2 Å². The second-order valence-corrected chi connectivity index (χ2v) is 30.1. The van der Waals surface area contributed by atoms with Crippen molar-refractivity contribution in [3.05, 3.63) is 256 Å². The average molecular weight is 1550 g/mol. The Morgan fingerprint density at radius 1 is 0.391 bits per heavy atom. The van der Waals surface area contributed by atoms with E-state index in [1.54, 1.807) is 23.1 Å². The fraction of sp³-hybridized carbons (Fsp3) is 0.330. The van der Waals surface area contributed by atoms with E-state index in [-0.39, 0.29) is 36.3 Å². The highest BCUT2D eigenvalue weighted by molar-refractivity contribution is 5.88. The molecule has 12 aromatic rings. The highest BCUT2D eigenvalue weighted by Gasteiger charge is 2.30. The lowest BCUT2D eigenvalue weighted by atomic mass is 9.95. The Balaban J connectivity index is 0.000000130. The molecular formula is C88H87F6N21. The third kappa shape index (κ3) is 16.6. The minimum atomic E-state index is -0.504. The Hall–Kier alpha value is -11.9. The molecule has 2 unspecified atom stereocenters. The van der Waals surface area contributed by atoms with Crippen molar-refractivity contribution < 1.29 is 26.3 Å². The predicted octanol–water partition coefficient (Wildman–Crippen LogP) is 13.2. The molecule has 15 heterocycles. The van der Waals surface area contributed by atoms with Crippen molar-refractivity contribution in [1.29, 1.82) is 15.8 Å². The highest BCUT2D eigenvalue weighted by atomic mass is 19.2. The second-order valence-electron chi connectivity index (χ2n) is 30.1. The smallest absolute Gasteiger partial charge is 0.130 e. The van der Waals surface area contributed by atoms with Crippen molar-refractivity contribution in [3.8, 4) is 51.6 Å². The van der Waals surface area contributed by atoms with Gasteiger partial charge < -0.3 is 29.8 Å². The highest BCUT2D eigenvalue weighted by Crippen LogP contribution is 2.38. The number of nitrogens with zero attached hydrogens (tertiary/aromatic N) is 20. The number of benzene rings is 3. The van der Waals surface area contributed by atoms with E-state index < -0.39 is 34.9 Å². The normalized spacial score (nSPS) is 17.9. The van der Waals surface area contributed by atoms with Gasteiger partial charge in [0.05, 0.1) is 51.8 Å². The van der Waals surface area contributed by atoms with Crippen molar-refractivity contribution in [3.63, 3.8) is 0 Å². The average Bonchev–Trinajstić information content (AvgIpc) is 1.67. The predicted molar refractivity (Wildman–Crippen MR) is 431 cm³/mol. The zero-order chi connectivity index (χ0) is 79.2. The van der Waals surface area contributed by atoms with Crippen LogP contribution in [0.1, 0.15) is 88.6 Å². The van der Waals surface area contributed by atoms with Crippen LogP contribution in [0.2, 0.25) is 0 Å². The van der Waals surface area contributed by atoms with E-state index in [1.807, 2.05) is 58.1 Å². The first kappa shape index (κ1) is 77.1. The summed E-state index contributed by atoms with van der Waals surface area (Å²) in [4.78, 5) is 32.0. The minimum absolute atomic E-state index is 0.118. The van der Waals surface area contributed by atoms with Gasteiger partial charge >= 0.3 is 0 Å². The molecule has 9 aromatic heterocycles. The largest absolute Gasteiger partial charge is 0.354 e. The summed E-state index contributed by atoms with van der Waals surface area (Å²) in [6.45, 7) is 21.6. The summed E-state index contributed by atoms with van der Waals surface area (Å²) in [6, 6.07) is 37.5. The van der Waals surface area contributed by atoms with E-state index in [2.05, 4.69) is 141 Å². The van der Waals surface area contributed by atoms with Crippen molar-refractivity contribution in [2.24, 2.45) is 0 Å². The Morgan fingerprint density at radius 3 is 1.03 bits per heavy atom. The number of nitriles is 3. The summed E-state index contributed by atoms with van der Waals surface area (Å²) < 4.78 is 89.9. The van der Waals surface area contributed by atoms with Gasteiger partial charge in [-0.3, -0.25) is 14.7 Å². The molecule has 18 rings (SSSR count). The van der Waals surface area contributed by atoms with Gasteiger partial charge in [0.15, 0.2) is 0 Å². The zero-order valence-electron chi connectivity index (χ0n) is 64.2. The van der Waals surface area contributed by atoms with Crippen LogP contribution in [-0.2, 0) is 19.6 Å². The van der Waals surface area contributed by atoms with Crippen molar-refractivity contribution in [2.75, 3.05) is 146 Å². The maximum absolute atomic E-state index is 14.1. The minimum Gasteiger partial charge on any atom is -0.354 e. The molecule has 586 valence electrons. The van der Waals surface area contributed by atoms with Gasteiger partial charge in [0.25, 0.3) is 0 Å². The SMILES string of the molecule is CCN1CCC(c2cc(-c3ccc(N4CCN(Cc5c(F)cccc5F)CC4)nc3)c3c(C#N)cnn3c2)C1.CCN1CCC(c2cc(-c3ccc(N4CCN(Cc5c(F)cccc5F)CC4)nc3)c3c(C#N)cnn3c2)C1.N#Cc1cnn2cc(C3=CCNC3)cc(-c3ccc(N4CCN(Cc5c(F)cccc5F)CC4)nc3)c12. The number of pyridine rings is 6. The van der Waals surface area contributed by atoms with Gasteiger partial charge in [-0.2, -0.15) is 31.1 Å². The van der Waals surface area contributed by atoms with E-state index in [4.69, 9.17) is 15.0 Å². The monoisotopic (exact) mass is 1550 g/mol. The molecule has 5 fully saturated rings. The van der Waals surface area contributed by atoms with Gasteiger partial charge in [-0.05, 0) is 164 Å². The van der Waals surface area contributed by atoms with Gasteiger partial charge in [-0.1, -0.05) is 38.1 Å². The number of piperazine rings is 3. The van der Waals surface area contributed by atoms with Gasteiger partial charge in [-0.25, -0.2) is 54.8 Å². The molecule has 27 heteroatoms. The van der Waals surface area contributed by atoms with Gasteiger partial charge in [0, 0.05) is 212 Å². The number of hydrogen-bond donors (Lipinski definition) is 1. The van der Waals surface area contributed by atoms with Crippen LogP contribution in [0.4, 0.5) is 43.8 Å². The fourth-order valence-corrected chi connectivity index (χ4v) is 16.7. The van der Waals surface area contributed by atoms with E-state index >= 15 is 0 Å². The lowest BCUT2D eigenvalue weighted by Crippen LogP contribution is -2.46. The quantitative estimate of drug-likeness (QED) is 0.0843. The molecule has 1 N–H and O–H groups in total. The fourth-order valence-electron chi connectivity index (χ4n) is 16.7. The zero-order valence-corrected chi connectivity index (χ0v) is 64.2. The topological polar surface area (TPSA) is 200 Å². The van der Waals surface area contributed by atoms with Crippen LogP contribution in [0.5, 0.6) is 0 Å². The molecule has 2 atom stereocenters. The molecular weight excluding hydrogens is 1470 g/mol. The molecule has 0 bridgehead atoms. The molecule has 21 nitrogen and oxygen atoms in total. The number of likely N-dealkylation sites (tertiary alicyclic amines) is 2. The van der Waals surface area contributed by atoms with Crippen LogP contribution in [0.15, 0.2) is 171 Å². The number of fused-ring (bicyclic) bond motifs is 3. The first-order chi connectivity index (χ1) is 56.2. The van der Waals surface area contributed by atoms with Crippen LogP contribution in [0.3, 0.4) is 0 Å². The lowest BCUT2D eigenvalue weighted by molar-refractivity contribution is 0.242. The number of halogens is 6. The summed E-state index contributed by atoms with van der Waals surface area (Å²) in [5.41, 5.74) is 14.7. The Morgan fingerprint density at radius 2 is 0.730 bits per heavy atom. The molecule has 0 aliphatic carbocycles. The number of anilines is 3. The van der Waals surface area contributed by atoms with Crippen LogP contribution >= 0.6 is 0 Å². The molecule has 5 saturated heterocycles. The van der Waals surface area contributed by atoms with Gasteiger partial charge in [0.1, 0.15) is 70.6 Å². The summed E-state index contributed by atoms with van der Waals surface area (Å²) in [5.74, 6) is 0.451. The Bertz CT molecular complexity index is 5370. The number of aromatic nitrogens is 9. The number of nitrogens with one attached hydrogen (secondary N) is 1. The first-order valence-electron chi connectivity index (χ1n) is 39.4. The summed E-state index contributed by atoms with van der Waals surface area (Å²) in [6.07, 6.45) is 20.9. The van der Waals surface area contributed by atoms with E-state index in [9.17, 15) is 42.1 Å². The maximum atomic E-state index is 14.1. The van der Waals surface area contributed by atoms with E-state index in [0.29, 0.717) is 80.9 Å². The summed E-state index contributed by atoms with van der Waals surface area (Å²) >= 11 is 0.